The number of benzene rings is 1. The van der Waals surface area contributed by atoms with Crippen molar-refractivity contribution in [1.29, 1.82) is 0 Å². The summed E-state index contributed by atoms with van der Waals surface area (Å²) in [5.74, 6) is 1.29. The van der Waals surface area contributed by atoms with Crippen molar-refractivity contribution < 1.29 is 0 Å². The largest absolute Gasteiger partial charge is 0.354 e. The van der Waals surface area contributed by atoms with E-state index in [4.69, 9.17) is 0 Å². The molecule has 20 heavy (non-hydrogen) atoms. The average molecular weight is 268 g/mol. The number of nitrogens with one attached hydrogen (secondary N) is 3. The summed E-state index contributed by atoms with van der Waals surface area (Å²) in [5, 5.41) is 6.42. The number of rotatable bonds is 4. The van der Waals surface area contributed by atoms with Gasteiger partial charge in [-0.05, 0) is 31.5 Å². The van der Waals surface area contributed by atoms with Crippen LogP contribution in [0.4, 0.5) is 17.5 Å². The van der Waals surface area contributed by atoms with Crippen molar-refractivity contribution in [1.82, 2.24) is 19.9 Å². The van der Waals surface area contributed by atoms with Crippen LogP contribution in [0.15, 0.2) is 30.6 Å². The molecule has 0 spiro atoms. The minimum Gasteiger partial charge on any atom is -0.354 e. The molecule has 0 fully saturated rings. The Labute approximate surface area is 116 Å². The second kappa shape index (κ2) is 5.16. The Kier molecular flexibility index (Phi) is 3.20. The van der Waals surface area contributed by atoms with Gasteiger partial charge in [-0.3, -0.25) is 0 Å². The van der Waals surface area contributed by atoms with E-state index in [2.05, 4.69) is 49.6 Å². The number of imidazole rings is 1. The summed E-state index contributed by atoms with van der Waals surface area (Å²) in [6.45, 7) is 4.83. The van der Waals surface area contributed by atoms with E-state index in [1.807, 2.05) is 19.1 Å². The van der Waals surface area contributed by atoms with Gasteiger partial charge in [0, 0.05) is 12.2 Å². The predicted molar refractivity (Wildman–Crippen MR) is 80.3 cm³/mol. The van der Waals surface area contributed by atoms with Crippen LogP contribution in [0.1, 0.15) is 12.5 Å². The van der Waals surface area contributed by atoms with E-state index >= 15 is 0 Å². The van der Waals surface area contributed by atoms with Crippen molar-refractivity contribution in [2.75, 3.05) is 17.2 Å². The third kappa shape index (κ3) is 2.40. The maximum Gasteiger partial charge on any atom is 0.226 e. The fourth-order valence-corrected chi connectivity index (χ4v) is 2.02. The molecule has 0 bridgehead atoms. The van der Waals surface area contributed by atoms with Gasteiger partial charge in [0.1, 0.15) is 5.52 Å². The molecule has 0 aliphatic carbocycles. The maximum absolute atomic E-state index is 4.48. The Balaban J connectivity index is 2.02. The second-order valence-electron chi connectivity index (χ2n) is 4.52. The zero-order valence-electron chi connectivity index (χ0n) is 11.4. The summed E-state index contributed by atoms with van der Waals surface area (Å²) < 4.78 is 0. The summed E-state index contributed by atoms with van der Waals surface area (Å²) in [7, 11) is 0. The van der Waals surface area contributed by atoms with Gasteiger partial charge in [0.2, 0.25) is 5.95 Å². The van der Waals surface area contributed by atoms with Crippen LogP contribution in [0, 0.1) is 6.92 Å². The van der Waals surface area contributed by atoms with Gasteiger partial charge in [-0.1, -0.05) is 12.1 Å². The van der Waals surface area contributed by atoms with Gasteiger partial charge >= 0.3 is 0 Å². The quantitative estimate of drug-likeness (QED) is 0.678. The molecule has 0 unspecified atom stereocenters. The van der Waals surface area contributed by atoms with Crippen molar-refractivity contribution in [2.24, 2.45) is 0 Å². The molecule has 3 N–H and O–H groups in total. The number of aromatic nitrogens is 4. The van der Waals surface area contributed by atoms with Crippen LogP contribution in [0.25, 0.3) is 11.2 Å². The predicted octanol–water partition coefficient (Wildman–Crippen LogP) is 2.84. The number of anilines is 3. The number of aryl methyl sites for hydroxylation is 1. The summed E-state index contributed by atoms with van der Waals surface area (Å²) in [4.78, 5) is 16.1. The van der Waals surface area contributed by atoms with Crippen LogP contribution in [0.5, 0.6) is 0 Å². The normalized spacial score (nSPS) is 10.7. The maximum atomic E-state index is 4.48. The minimum absolute atomic E-state index is 0.572. The van der Waals surface area contributed by atoms with E-state index in [0.29, 0.717) is 17.4 Å². The Morgan fingerprint density at radius 3 is 2.95 bits per heavy atom. The standard InChI is InChI=1S/C14H16N6/c1-3-15-14-19-12-11(16-8-17-12)13(20-14)18-10-6-4-5-9(2)7-10/h4-8H,3H2,1-2H3,(H3,15,16,17,18,19,20). The molecule has 0 amide bonds. The molecule has 2 heterocycles. The van der Waals surface area contributed by atoms with Crippen LogP contribution in [0.3, 0.4) is 0 Å². The highest BCUT2D eigenvalue weighted by atomic mass is 15.2. The molecule has 3 aromatic rings. The van der Waals surface area contributed by atoms with Crippen molar-refractivity contribution in [3.63, 3.8) is 0 Å². The molecule has 0 radical (unpaired) electrons. The van der Waals surface area contributed by atoms with Crippen molar-refractivity contribution >= 4 is 28.6 Å². The van der Waals surface area contributed by atoms with Crippen LogP contribution in [0.2, 0.25) is 0 Å². The molecule has 0 saturated heterocycles. The molecule has 102 valence electrons. The molecule has 6 heteroatoms. The Morgan fingerprint density at radius 1 is 1.25 bits per heavy atom. The van der Waals surface area contributed by atoms with Crippen molar-refractivity contribution in [3.8, 4) is 0 Å². The molecule has 1 aromatic carbocycles. The van der Waals surface area contributed by atoms with Gasteiger partial charge in [0.15, 0.2) is 11.5 Å². The number of fused-ring (bicyclic) bond motifs is 1. The zero-order valence-corrected chi connectivity index (χ0v) is 11.4. The van der Waals surface area contributed by atoms with E-state index in [-0.39, 0.29) is 0 Å². The number of H-pyrrole nitrogens is 1. The molecule has 2 aromatic heterocycles. The molecule has 0 atom stereocenters. The molecule has 0 aliphatic rings. The lowest BCUT2D eigenvalue weighted by Gasteiger charge is -2.09. The van der Waals surface area contributed by atoms with Gasteiger partial charge in [-0.15, -0.1) is 0 Å². The Bertz CT molecular complexity index is 733. The minimum atomic E-state index is 0.572. The average Bonchev–Trinajstić information content (AvgIpc) is 2.87. The number of hydrogen-bond acceptors (Lipinski definition) is 5. The fraction of sp³-hybridized carbons (Fsp3) is 0.214. The highest BCUT2D eigenvalue weighted by Gasteiger charge is 2.09. The summed E-state index contributed by atoms with van der Waals surface area (Å²) >= 11 is 0. The SMILES string of the molecule is CCNc1nc(Nc2cccc(C)c2)c2[nH]cnc2n1. The summed E-state index contributed by atoms with van der Waals surface area (Å²) in [5.41, 5.74) is 3.62. The third-order valence-electron chi connectivity index (χ3n) is 2.90. The van der Waals surface area contributed by atoms with E-state index in [0.717, 1.165) is 17.7 Å². The molecular weight excluding hydrogens is 252 g/mol. The molecule has 6 nitrogen and oxygen atoms in total. The molecule has 3 rings (SSSR count). The monoisotopic (exact) mass is 268 g/mol. The third-order valence-corrected chi connectivity index (χ3v) is 2.90. The summed E-state index contributed by atoms with van der Waals surface area (Å²) in [6, 6.07) is 8.14. The highest BCUT2D eigenvalue weighted by Crippen LogP contribution is 2.23. The topological polar surface area (TPSA) is 78.5 Å². The van der Waals surface area contributed by atoms with Crippen LogP contribution in [-0.4, -0.2) is 26.5 Å². The molecule has 0 saturated carbocycles. The van der Waals surface area contributed by atoms with Gasteiger partial charge in [0.25, 0.3) is 0 Å². The first kappa shape index (κ1) is 12.4. The van der Waals surface area contributed by atoms with Crippen LogP contribution < -0.4 is 10.6 Å². The van der Waals surface area contributed by atoms with E-state index in [9.17, 15) is 0 Å². The number of aromatic amines is 1. The zero-order chi connectivity index (χ0) is 13.9. The fourth-order valence-electron chi connectivity index (χ4n) is 2.02. The Morgan fingerprint density at radius 2 is 2.15 bits per heavy atom. The molecular formula is C14H16N6. The van der Waals surface area contributed by atoms with Gasteiger partial charge in [-0.25, -0.2) is 4.98 Å². The van der Waals surface area contributed by atoms with Gasteiger partial charge in [0.05, 0.1) is 6.33 Å². The first-order valence-corrected chi connectivity index (χ1v) is 6.55. The smallest absolute Gasteiger partial charge is 0.226 e. The lowest BCUT2D eigenvalue weighted by molar-refractivity contribution is 1.10. The van der Waals surface area contributed by atoms with Crippen LogP contribution >= 0.6 is 0 Å². The number of hydrogen-bond donors (Lipinski definition) is 3. The lowest BCUT2D eigenvalue weighted by atomic mass is 10.2. The van der Waals surface area contributed by atoms with Crippen molar-refractivity contribution in [3.05, 3.63) is 36.2 Å². The first-order valence-electron chi connectivity index (χ1n) is 6.55. The highest BCUT2D eigenvalue weighted by molar-refractivity contribution is 5.86. The van der Waals surface area contributed by atoms with Gasteiger partial charge in [-0.2, -0.15) is 9.97 Å². The van der Waals surface area contributed by atoms with E-state index in [1.54, 1.807) is 6.33 Å². The molecule has 0 aliphatic heterocycles. The summed E-state index contributed by atoms with van der Waals surface area (Å²) in [6.07, 6.45) is 1.62. The van der Waals surface area contributed by atoms with E-state index < -0.39 is 0 Å². The van der Waals surface area contributed by atoms with Gasteiger partial charge < -0.3 is 15.6 Å². The Hall–Kier alpha value is -2.63. The first-order chi connectivity index (χ1) is 9.76. The van der Waals surface area contributed by atoms with Crippen molar-refractivity contribution in [2.45, 2.75) is 13.8 Å². The lowest BCUT2D eigenvalue weighted by Crippen LogP contribution is -2.05. The number of nitrogens with zero attached hydrogens (tertiary/aromatic N) is 3. The van der Waals surface area contributed by atoms with E-state index in [1.165, 1.54) is 5.56 Å². The second-order valence-corrected chi connectivity index (χ2v) is 4.52. The van der Waals surface area contributed by atoms with Crippen LogP contribution in [-0.2, 0) is 0 Å².